The smallest absolute Gasteiger partial charge is 0.127 e. The van der Waals surface area contributed by atoms with Crippen LogP contribution >= 0.6 is 11.6 Å². The van der Waals surface area contributed by atoms with Crippen LogP contribution in [0.4, 0.5) is 4.39 Å². The van der Waals surface area contributed by atoms with Gasteiger partial charge in [0.2, 0.25) is 0 Å². The molecule has 0 spiro atoms. The van der Waals surface area contributed by atoms with Crippen molar-refractivity contribution in [2.24, 2.45) is 11.8 Å². The lowest BCUT2D eigenvalue weighted by atomic mass is 9.91. The summed E-state index contributed by atoms with van der Waals surface area (Å²) in [6, 6.07) is 5.39. The van der Waals surface area contributed by atoms with E-state index in [2.05, 4.69) is 19.2 Å². The lowest BCUT2D eigenvalue weighted by Crippen LogP contribution is -2.37. The normalized spacial score (nSPS) is 24.6. The van der Waals surface area contributed by atoms with Gasteiger partial charge in [0.25, 0.3) is 0 Å². The molecule has 0 aromatic heterocycles. The van der Waals surface area contributed by atoms with Crippen LogP contribution in [-0.4, -0.2) is 12.6 Å². The van der Waals surface area contributed by atoms with Gasteiger partial charge in [0.05, 0.1) is 0 Å². The van der Waals surface area contributed by atoms with Crippen LogP contribution in [0.15, 0.2) is 18.2 Å². The van der Waals surface area contributed by atoms with Gasteiger partial charge in [0.15, 0.2) is 0 Å². The van der Waals surface area contributed by atoms with Crippen molar-refractivity contribution in [1.82, 2.24) is 5.32 Å². The first kappa shape index (κ1) is 14.8. The molecule has 0 saturated heterocycles. The molecular formula is C16H23ClFN. The third-order valence-electron chi connectivity index (χ3n) is 4.23. The molecule has 3 atom stereocenters. The fourth-order valence-corrected chi connectivity index (χ4v) is 3.37. The van der Waals surface area contributed by atoms with Crippen LogP contribution in [0.2, 0.25) is 5.02 Å². The van der Waals surface area contributed by atoms with Crippen LogP contribution in [0.1, 0.15) is 38.7 Å². The van der Waals surface area contributed by atoms with Gasteiger partial charge in [-0.05, 0) is 55.3 Å². The van der Waals surface area contributed by atoms with E-state index in [4.69, 9.17) is 11.6 Å². The molecule has 1 N–H and O–H groups in total. The molecule has 106 valence electrons. The molecule has 1 aliphatic carbocycles. The number of halogens is 2. The Morgan fingerprint density at radius 2 is 2.21 bits per heavy atom. The highest BCUT2D eigenvalue weighted by Crippen LogP contribution is 2.34. The fourth-order valence-electron chi connectivity index (χ4n) is 3.21. The molecule has 0 bridgehead atoms. The highest BCUT2D eigenvalue weighted by molar-refractivity contribution is 6.30. The molecule has 0 radical (unpaired) electrons. The van der Waals surface area contributed by atoms with Crippen molar-refractivity contribution >= 4 is 11.6 Å². The first-order valence-corrected chi connectivity index (χ1v) is 7.65. The van der Waals surface area contributed by atoms with Crippen LogP contribution in [0.25, 0.3) is 0 Å². The molecule has 1 aromatic carbocycles. The second kappa shape index (κ2) is 6.71. The van der Waals surface area contributed by atoms with Crippen molar-refractivity contribution in [3.8, 4) is 0 Å². The van der Waals surface area contributed by atoms with Gasteiger partial charge in [-0.15, -0.1) is 0 Å². The van der Waals surface area contributed by atoms with Gasteiger partial charge in [0.1, 0.15) is 5.82 Å². The zero-order chi connectivity index (χ0) is 13.8. The molecule has 1 fully saturated rings. The maximum absolute atomic E-state index is 13.9. The predicted octanol–water partition coefficient (Wildman–Crippen LogP) is 4.44. The summed E-state index contributed by atoms with van der Waals surface area (Å²) in [5, 5.41) is 4.00. The van der Waals surface area contributed by atoms with Crippen molar-refractivity contribution < 1.29 is 4.39 Å². The number of hydrogen-bond donors (Lipinski definition) is 1. The van der Waals surface area contributed by atoms with Gasteiger partial charge in [-0.2, -0.15) is 0 Å². The first-order chi connectivity index (χ1) is 9.10. The van der Waals surface area contributed by atoms with Gasteiger partial charge in [-0.1, -0.05) is 37.9 Å². The monoisotopic (exact) mass is 283 g/mol. The van der Waals surface area contributed by atoms with E-state index in [1.54, 1.807) is 6.07 Å². The van der Waals surface area contributed by atoms with Crippen molar-refractivity contribution in [2.45, 2.75) is 45.6 Å². The summed E-state index contributed by atoms with van der Waals surface area (Å²) >= 11 is 5.81. The van der Waals surface area contributed by atoms with E-state index in [0.29, 0.717) is 17.0 Å². The van der Waals surface area contributed by atoms with Crippen molar-refractivity contribution in [3.63, 3.8) is 0 Å². The maximum atomic E-state index is 13.9. The minimum absolute atomic E-state index is 0.179. The van der Waals surface area contributed by atoms with Gasteiger partial charge in [0, 0.05) is 11.1 Å². The van der Waals surface area contributed by atoms with Crippen LogP contribution in [0, 0.1) is 17.7 Å². The van der Waals surface area contributed by atoms with E-state index in [1.807, 2.05) is 6.07 Å². The van der Waals surface area contributed by atoms with Gasteiger partial charge in [-0.3, -0.25) is 0 Å². The SMILES string of the molecule is CCNC(Cc1ccc(Cl)cc1F)C1CCC(C)C1. The molecule has 1 aromatic rings. The predicted molar refractivity (Wildman–Crippen MR) is 79.1 cm³/mol. The quantitative estimate of drug-likeness (QED) is 0.843. The Hall–Kier alpha value is -0.600. The molecule has 1 saturated carbocycles. The minimum atomic E-state index is -0.179. The summed E-state index contributed by atoms with van der Waals surface area (Å²) in [6.45, 7) is 5.36. The summed E-state index contributed by atoms with van der Waals surface area (Å²) in [4.78, 5) is 0. The molecule has 2 rings (SSSR count). The van der Waals surface area contributed by atoms with Gasteiger partial charge in [-0.25, -0.2) is 4.39 Å². The summed E-state index contributed by atoms with van der Waals surface area (Å²) < 4.78 is 13.9. The molecule has 0 aliphatic heterocycles. The van der Waals surface area contributed by atoms with E-state index < -0.39 is 0 Å². The Morgan fingerprint density at radius 3 is 2.79 bits per heavy atom. The van der Waals surface area contributed by atoms with Crippen LogP contribution < -0.4 is 5.32 Å². The van der Waals surface area contributed by atoms with E-state index in [1.165, 1.54) is 25.3 Å². The summed E-state index contributed by atoms with van der Waals surface area (Å²) in [7, 11) is 0. The van der Waals surface area contributed by atoms with Crippen LogP contribution in [0.5, 0.6) is 0 Å². The number of benzene rings is 1. The lowest BCUT2D eigenvalue weighted by molar-refractivity contribution is 0.350. The van der Waals surface area contributed by atoms with Crippen molar-refractivity contribution in [1.29, 1.82) is 0 Å². The zero-order valence-electron chi connectivity index (χ0n) is 11.8. The Kier molecular flexibility index (Phi) is 5.23. The molecular weight excluding hydrogens is 261 g/mol. The zero-order valence-corrected chi connectivity index (χ0v) is 12.5. The molecule has 1 nitrogen and oxygen atoms in total. The molecule has 0 heterocycles. The fraction of sp³-hybridized carbons (Fsp3) is 0.625. The third-order valence-corrected chi connectivity index (χ3v) is 4.46. The van der Waals surface area contributed by atoms with Crippen LogP contribution in [0.3, 0.4) is 0 Å². The number of likely N-dealkylation sites (N-methyl/N-ethyl adjacent to an activating group) is 1. The average Bonchev–Trinajstić information content (AvgIpc) is 2.78. The van der Waals surface area contributed by atoms with Gasteiger partial charge >= 0.3 is 0 Å². The molecule has 3 unspecified atom stereocenters. The second-order valence-corrected chi connectivity index (χ2v) is 6.22. The molecule has 3 heteroatoms. The molecule has 0 amide bonds. The molecule has 19 heavy (non-hydrogen) atoms. The van der Waals surface area contributed by atoms with E-state index in [0.717, 1.165) is 24.4 Å². The second-order valence-electron chi connectivity index (χ2n) is 5.78. The average molecular weight is 284 g/mol. The van der Waals surface area contributed by atoms with E-state index in [-0.39, 0.29) is 5.82 Å². The number of hydrogen-bond acceptors (Lipinski definition) is 1. The standard InChI is InChI=1S/C16H23ClFN/c1-3-19-16(13-5-4-11(2)8-13)9-12-6-7-14(17)10-15(12)18/h6-7,10-11,13,16,19H,3-5,8-9H2,1-2H3. The van der Waals surface area contributed by atoms with Gasteiger partial charge < -0.3 is 5.32 Å². The van der Waals surface area contributed by atoms with Crippen molar-refractivity contribution in [2.75, 3.05) is 6.54 Å². The largest absolute Gasteiger partial charge is 0.314 e. The van der Waals surface area contributed by atoms with Crippen LogP contribution in [-0.2, 0) is 6.42 Å². The highest BCUT2D eigenvalue weighted by Gasteiger charge is 2.28. The number of nitrogens with one attached hydrogen (secondary N) is 1. The Morgan fingerprint density at radius 1 is 1.42 bits per heavy atom. The Bertz CT molecular complexity index is 421. The maximum Gasteiger partial charge on any atom is 0.127 e. The summed E-state index contributed by atoms with van der Waals surface area (Å²) in [5.41, 5.74) is 0.773. The highest BCUT2D eigenvalue weighted by atomic mass is 35.5. The minimum Gasteiger partial charge on any atom is -0.314 e. The number of rotatable bonds is 5. The topological polar surface area (TPSA) is 12.0 Å². The van der Waals surface area contributed by atoms with E-state index in [9.17, 15) is 4.39 Å². The van der Waals surface area contributed by atoms with E-state index >= 15 is 0 Å². The van der Waals surface area contributed by atoms with Crippen molar-refractivity contribution in [3.05, 3.63) is 34.6 Å². The Balaban J connectivity index is 2.07. The first-order valence-electron chi connectivity index (χ1n) is 7.27. The third kappa shape index (κ3) is 3.93. The summed E-state index contributed by atoms with van der Waals surface area (Å²) in [6.07, 6.45) is 4.57. The molecule has 1 aliphatic rings. The Labute approximate surface area is 120 Å². The summed E-state index contributed by atoms with van der Waals surface area (Å²) in [5.74, 6) is 1.30. The lowest BCUT2D eigenvalue weighted by Gasteiger charge is -2.25.